The van der Waals surface area contributed by atoms with Crippen molar-refractivity contribution in [1.29, 1.82) is 0 Å². The zero-order valence-electron chi connectivity index (χ0n) is 11.7. The van der Waals surface area contributed by atoms with E-state index in [-0.39, 0.29) is 0 Å². The van der Waals surface area contributed by atoms with Crippen LogP contribution in [0.25, 0.3) is 0 Å². The lowest BCUT2D eigenvalue weighted by atomic mass is 10.1. The van der Waals surface area contributed by atoms with Gasteiger partial charge in [-0.25, -0.2) is 4.79 Å². The topological polar surface area (TPSA) is 46.5 Å². The molecule has 0 aliphatic rings. The van der Waals surface area contributed by atoms with E-state index in [0.29, 0.717) is 12.2 Å². The predicted octanol–water partition coefficient (Wildman–Crippen LogP) is 3.38. The minimum absolute atomic E-state index is 0.351. The first-order valence-corrected chi connectivity index (χ1v) is 6.56. The molecule has 3 nitrogen and oxygen atoms in total. The molecule has 0 aliphatic heterocycles. The zero-order chi connectivity index (χ0) is 14.5. The maximum Gasteiger partial charge on any atom is 0.345 e. The van der Waals surface area contributed by atoms with Crippen molar-refractivity contribution in [2.45, 2.75) is 26.4 Å². The molecule has 104 valence electrons. The average molecular weight is 270 g/mol. The lowest BCUT2D eigenvalue weighted by molar-refractivity contribution is -0.145. The fourth-order valence-electron chi connectivity index (χ4n) is 1.90. The van der Waals surface area contributed by atoms with E-state index in [1.165, 1.54) is 0 Å². The summed E-state index contributed by atoms with van der Waals surface area (Å²) in [5.41, 5.74) is 3.22. The minimum atomic E-state index is -0.953. The molecule has 1 unspecified atom stereocenters. The molecule has 2 rings (SSSR count). The molecule has 0 saturated carbocycles. The Morgan fingerprint density at radius 1 is 1.00 bits per heavy atom. The maximum absolute atomic E-state index is 11.3. The summed E-state index contributed by atoms with van der Waals surface area (Å²) in [5.74, 6) is -0.374. The molecule has 0 saturated heterocycles. The van der Waals surface area contributed by atoms with E-state index in [4.69, 9.17) is 4.74 Å². The summed E-state index contributed by atoms with van der Waals surface area (Å²) in [4.78, 5) is 11.3. The smallest absolute Gasteiger partial charge is 0.345 e. The Hall–Kier alpha value is -2.29. The van der Waals surface area contributed by atoms with Crippen molar-refractivity contribution in [1.82, 2.24) is 0 Å². The van der Waals surface area contributed by atoms with Gasteiger partial charge in [0.05, 0.1) is 0 Å². The van der Waals surface area contributed by atoms with Crippen LogP contribution < -0.4 is 4.74 Å². The van der Waals surface area contributed by atoms with E-state index >= 15 is 0 Å². The zero-order valence-corrected chi connectivity index (χ0v) is 11.7. The fourth-order valence-corrected chi connectivity index (χ4v) is 1.90. The molecule has 0 radical (unpaired) electrons. The number of hydrogen-bond donors (Lipinski definition) is 1. The van der Waals surface area contributed by atoms with Crippen molar-refractivity contribution in [3.05, 3.63) is 65.2 Å². The van der Waals surface area contributed by atoms with Gasteiger partial charge in [-0.05, 0) is 31.5 Å². The molecule has 0 bridgehead atoms. The van der Waals surface area contributed by atoms with Gasteiger partial charge in [-0.15, -0.1) is 0 Å². The maximum atomic E-state index is 11.3. The number of hydrogen-bond acceptors (Lipinski definition) is 2. The molecule has 20 heavy (non-hydrogen) atoms. The highest BCUT2D eigenvalue weighted by atomic mass is 16.5. The Morgan fingerprint density at radius 3 is 2.00 bits per heavy atom. The van der Waals surface area contributed by atoms with Gasteiger partial charge in [-0.3, -0.25) is 0 Å². The van der Waals surface area contributed by atoms with E-state index in [1.807, 2.05) is 50.2 Å². The second kappa shape index (κ2) is 6.24. The van der Waals surface area contributed by atoms with Gasteiger partial charge in [0.1, 0.15) is 5.75 Å². The van der Waals surface area contributed by atoms with Gasteiger partial charge in [-0.2, -0.15) is 0 Å². The highest BCUT2D eigenvalue weighted by molar-refractivity contribution is 5.73. The molecule has 0 heterocycles. The standard InChI is InChI=1S/C17H18O3/c1-12-3-7-14(8-4-12)11-16(17(18)19)20-15-9-5-13(2)6-10-15/h3-10,16H,11H2,1-2H3,(H,18,19). The van der Waals surface area contributed by atoms with Crippen molar-refractivity contribution in [3.63, 3.8) is 0 Å². The van der Waals surface area contributed by atoms with Crippen molar-refractivity contribution in [2.24, 2.45) is 0 Å². The third-order valence-electron chi connectivity index (χ3n) is 3.12. The van der Waals surface area contributed by atoms with E-state index in [9.17, 15) is 9.90 Å². The van der Waals surface area contributed by atoms with Crippen LogP contribution in [0, 0.1) is 13.8 Å². The Bertz CT molecular complexity index is 523. The summed E-state index contributed by atoms with van der Waals surface area (Å²) in [5, 5.41) is 9.28. The lowest BCUT2D eigenvalue weighted by Crippen LogP contribution is -2.29. The number of carboxylic acid groups (broad SMARTS) is 1. The Balaban J connectivity index is 2.09. The molecular weight excluding hydrogens is 252 g/mol. The molecule has 0 aliphatic carbocycles. The van der Waals surface area contributed by atoms with Gasteiger partial charge in [-0.1, -0.05) is 47.5 Å². The number of rotatable bonds is 5. The van der Waals surface area contributed by atoms with Gasteiger partial charge in [0, 0.05) is 6.42 Å². The van der Waals surface area contributed by atoms with Gasteiger partial charge in [0.15, 0.2) is 6.10 Å². The summed E-state index contributed by atoms with van der Waals surface area (Å²) in [7, 11) is 0. The second-order valence-electron chi connectivity index (χ2n) is 4.95. The van der Waals surface area contributed by atoms with Crippen LogP contribution in [0.2, 0.25) is 0 Å². The van der Waals surface area contributed by atoms with Crippen LogP contribution in [0.1, 0.15) is 16.7 Å². The molecule has 2 aromatic rings. The molecule has 0 spiro atoms. The first-order chi connectivity index (χ1) is 9.54. The molecule has 2 aromatic carbocycles. The number of aliphatic carboxylic acids is 1. The van der Waals surface area contributed by atoms with Crippen LogP contribution in [0.4, 0.5) is 0 Å². The van der Waals surface area contributed by atoms with Gasteiger partial charge < -0.3 is 9.84 Å². The summed E-state index contributed by atoms with van der Waals surface area (Å²) in [6, 6.07) is 15.2. The first kappa shape index (κ1) is 14.1. The largest absolute Gasteiger partial charge is 0.478 e. The highest BCUT2D eigenvalue weighted by Gasteiger charge is 2.19. The van der Waals surface area contributed by atoms with Crippen molar-refractivity contribution in [2.75, 3.05) is 0 Å². The summed E-state index contributed by atoms with van der Waals surface area (Å²) >= 11 is 0. The Morgan fingerprint density at radius 2 is 1.50 bits per heavy atom. The van der Waals surface area contributed by atoms with Gasteiger partial charge in [0.25, 0.3) is 0 Å². The first-order valence-electron chi connectivity index (χ1n) is 6.56. The molecule has 0 fully saturated rings. The molecule has 0 amide bonds. The highest BCUT2D eigenvalue weighted by Crippen LogP contribution is 2.16. The molecule has 0 aromatic heterocycles. The number of ether oxygens (including phenoxy) is 1. The van der Waals surface area contributed by atoms with Crippen LogP contribution in [0.15, 0.2) is 48.5 Å². The van der Waals surface area contributed by atoms with Gasteiger partial charge in [0.2, 0.25) is 0 Å². The number of benzene rings is 2. The monoisotopic (exact) mass is 270 g/mol. The number of carbonyl (C=O) groups is 1. The SMILES string of the molecule is Cc1ccc(CC(Oc2ccc(C)cc2)C(=O)O)cc1. The van der Waals surface area contributed by atoms with E-state index in [1.54, 1.807) is 12.1 Å². The average Bonchev–Trinajstić information content (AvgIpc) is 2.42. The predicted molar refractivity (Wildman–Crippen MR) is 78.1 cm³/mol. The quantitative estimate of drug-likeness (QED) is 0.906. The van der Waals surface area contributed by atoms with Crippen LogP contribution >= 0.6 is 0 Å². The van der Waals surface area contributed by atoms with Crippen LogP contribution in [-0.4, -0.2) is 17.2 Å². The van der Waals surface area contributed by atoms with E-state index in [0.717, 1.165) is 16.7 Å². The number of carboxylic acids is 1. The van der Waals surface area contributed by atoms with E-state index < -0.39 is 12.1 Å². The van der Waals surface area contributed by atoms with E-state index in [2.05, 4.69) is 0 Å². The normalized spacial score (nSPS) is 11.9. The van der Waals surface area contributed by atoms with Crippen LogP contribution in [0.3, 0.4) is 0 Å². The third kappa shape index (κ3) is 3.85. The van der Waals surface area contributed by atoms with Crippen molar-refractivity contribution < 1.29 is 14.6 Å². The molecular formula is C17H18O3. The van der Waals surface area contributed by atoms with Crippen LogP contribution in [0.5, 0.6) is 5.75 Å². The second-order valence-corrected chi connectivity index (χ2v) is 4.95. The third-order valence-corrected chi connectivity index (χ3v) is 3.12. The Kier molecular flexibility index (Phi) is 4.41. The van der Waals surface area contributed by atoms with Crippen LogP contribution in [-0.2, 0) is 11.2 Å². The lowest BCUT2D eigenvalue weighted by Gasteiger charge is -2.15. The summed E-state index contributed by atoms with van der Waals surface area (Å²) < 4.78 is 5.57. The molecule has 1 N–H and O–H groups in total. The summed E-state index contributed by atoms with van der Waals surface area (Å²) in [6.45, 7) is 3.98. The summed E-state index contributed by atoms with van der Waals surface area (Å²) in [6.07, 6.45) is -0.524. The van der Waals surface area contributed by atoms with Gasteiger partial charge >= 0.3 is 5.97 Å². The Labute approximate surface area is 118 Å². The van der Waals surface area contributed by atoms with Crippen molar-refractivity contribution >= 4 is 5.97 Å². The minimum Gasteiger partial charge on any atom is -0.478 e. The number of aryl methyl sites for hydroxylation is 2. The van der Waals surface area contributed by atoms with Crippen molar-refractivity contribution in [3.8, 4) is 5.75 Å². The molecule has 1 atom stereocenters. The fraction of sp³-hybridized carbons (Fsp3) is 0.235. The molecule has 3 heteroatoms.